The maximum Gasteiger partial charge on any atom is 0.309 e. The highest BCUT2D eigenvalue weighted by atomic mass is 16.7. The fourth-order valence-corrected chi connectivity index (χ4v) is 4.97. The highest BCUT2D eigenvalue weighted by Gasteiger charge is 2.47. The van der Waals surface area contributed by atoms with Gasteiger partial charge in [-0.05, 0) is 35.4 Å². The molecule has 1 fully saturated rings. The molecule has 0 unspecified atom stereocenters. The van der Waals surface area contributed by atoms with Crippen LogP contribution >= 0.6 is 0 Å². The zero-order chi connectivity index (χ0) is 24.4. The van der Waals surface area contributed by atoms with Crippen molar-refractivity contribution in [1.29, 1.82) is 0 Å². The van der Waals surface area contributed by atoms with E-state index in [1.807, 2.05) is 56.3 Å². The number of aliphatic carboxylic acids is 1. The van der Waals surface area contributed by atoms with Crippen LogP contribution in [0.2, 0.25) is 0 Å². The van der Waals surface area contributed by atoms with Crippen LogP contribution in [0.1, 0.15) is 36.9 Å². The third-order valence-electron chi connectivity index (χ3n) is 6.76. The van der Waals surface area contributed by atoms with Gasteiger partial charge in [0.05, 0.1) is 13.0 Å². The molecule has 3 atom stereocenters. The van der Waals surface area contributed by atoms with Crippen molar-refractivity contribution >= 4 is 11.9 Å². The van der Waals surface area contributed by atoms with Gasteiger partial charge in [-0.1, -0.05) is 32.0 Å². The van der Waals surface area contributed by atoms with Gasteiger partial charge in [0.15, 0.2) is 11.5 Å². The van der Waals surface area contributed by atoms with Crippen LogP contribution in [0.25, 0.3) is 0 Å². The number of methoxy groups -OCH3 is 1. The SMILES string of the molecule is COc1ccc([C@@H]2[C@@H](C(=O)O)[C@@H](c3ccc4c(c3)OCO4)CN2CCN(C)C(=O)C(C)C)cc1. The number of likely N-dealkylation sites (N-methyl/N-ethyl adjacent to an activating group) is 1. The van der Waals surface area contributed by atoms with Crippen LogP contribution in [-0.4, -0.2) is 67.4 Å². The molecule has 1 amide bonds. The molecule has 0 radical (unpaired) electrons. The predicted octanol–water partition coefficient (Wildman–Crippen LogP) is 3.38. The molecule has 34 heavy (non-hydrogen) atoms. The van der Waals surface area contributed by atoms with Crippen LogP contribution < -0.4 is 14.2 Å². The quantitative estimate of drug-likeness (QED) is 0.635. The molecule has 0 bridgehead atoms. The second-order valence-electron chi connectivity index (χ2n) is 9.21. The lowest BCUT2D eigenvalue weighted by Gasteiger charge is -2.29. The number of amides is 1. The molecule has 0 aliphatic carbocycles. The number of hydrogen-bond donors (Lipinski definition) is 1. The molecule has 1 N–H and O–H groups in total. The van der Waals surface area contributed by atoms with Gasteiger partial charge in [0.25, 0.3) is 0 Å². The Hall–Kier alpha value is -3.26. The summed E-state index contributed by atoms with van der Waals surface area (Å²) in [5, 5.41) is 10.4. The minimum atomic E-state index is -0.849. The van der Waals surface area contributed by atoms with Crippen LogP contribution in [0.3, 0.4) is 0 Å². The topological polar surface area (TPSA) is 88.5 Å². The van der Waals surface area contributed by atoms with Gasteiger partial charge in [-0.3, -0.25) is 14.5 Å². The van der Waals surface area contributed by atoms with Gasteiger partial charge < -0.3 is 24.2 Å². The highest BCUT2D eigenvalue weighted by Crippen LogP contribution is 2.47. The van der Waals surface area contributed by atoms with Gasteiger partial charge in [-0.15, -0.1) is 0 Å². The lowest BCUT2D eigenvalue weighted by atomic mass is 9.82. The summed E-state index contributed by atoms with van der Waals surface area (Å²) < 4.78 is 16.3. The molecule has 4 rings (SSSR count). The Bertz CT molecular complexity index is 1040. The number of benzene rings is 2. The number of carbonyl (C=O) groups is 2. The average Bonchev–Trinajstić information content (AvgIpc) is 3.46. The predicted molar refractivity (Wildman–Crippen MR) is 126 cm³/mol. The van der Waals surface area contributed by atoms with Crippen molar-refractivity contribution in [2.75, 3.05) is 40.6 Å². The summed E-state index contributed by atoms with van der Waals surface area (Å²) in [6.45, 7) is 5.57. The van der Waals surface area contributed by atoms with E-state index in [1.165, 1.54) is 0 Å². The minimum absolute atomic E-state index is 0.0716. The van der Waals surface area contributed by atoms with Crippen molar-refractivity contribution in [2.24, 2.45) is 11.8 Å². The molecule has 0 saturated carbocycles. The standard InChI is InChI=1S/C26H32N2O6/c1-16(2)25(29)27(3)11-12-28-14-20(18-7-10-21-22(13-18)34-15-33-21)23(26(30)31)24(28)17-5-8-19(32-4)9-6-17/h5-10,13,16,20,23-24H,11-12,14-15H2,1-4H3,(H,30,31)/t20-,23+,24-/m1/s1. The van der Waals surface area contributed by atoms with Crippen molar-refractivity contribution in [3.05, 3.63) is 53.6 Å². The normalized spacial score (nSPS) is 21.6. The summed E-state index contributed by atoms with van der Waals surface area (Å²) in [5.74, 6) is 0.253. The fraction of sp³-hybridized carbons (Fsp3) is 0.462. The number of carboxylic acids is 1. The number of fused-ring (bicyclic) bond motifs is 1. The molecule has 2 heterocycles. The van der Waals surface area contributed by atoms with Gasteiger partial charge in [-0.25, -0.2) is 0 Å². The third kappa shape index (κ3) is 4.68. The van der Waals surface area contributed by atoms with Crippen molar-refractivity contribution in [3.63, 3.8) is 0 Å². The molecule has 8 heteroatoms. The third-order valence-corrected chi connectivity index (χ3v) is 6.76. The summed E-state index contributed by atoms with van der Waals surface area (Å²) in [5.41, 5.74) is 1.82. The molecular weight excluding hydrogens is 436 g/mol. The van der Waals surface area contributed by atoms with Crippen LogP contribution in [0, 0.1) is 11.8 Å². The summed E-state index contributed by atoms with van der Waals surface area (Å²) in [7, 11) is 3.40. The first-order chi connectivity index (χ1) is 16.3. The molecule has 1 saturated heterocycles. The highest BCUT2D eigenvalue weighted by molar-refractivity contribution is 5.77. The first-order valence-corrected chi connectivity index (χ1v) is 11.6. The fourth-order valence-electron chi connectivity index (χ4n) is 4.97. The zero-order valence-corrected chi connectivity index (χ0v) is 20.1. The summed E-state index contributed by atoms with van der Waals surface area (Å²) >= 11 is 0. The Labute approximate surface area is 200 Å². The molecular formula is C26H32N2O6. The van der Waals surface area contributed by atoms with Crippen molar-refractivity contribution in [3.8, 4) is 17.2 Å². The van der Waals surface area contributed by atoms with Gasteiger partial charge in [0, 0.05) is 44.6 Å². The average molecular weight is 469 g/mol. The second kappa shape index (κ2) is 9.93. The number of nitrogens with zero attached hydrogens (tertiary/aromatic N) is 2. The van der Waals surface area contributed by atoms with Crippen molar-refractivity contribution in [2.45, 2.75) is 25.8 Å². The minimum Gasteiger partial charge on any atom is -0.497 e. The van der Waals surface area contributed by atoms with Crippen LogP contribution in [-0.2, 0) is 9.59 Å². The first kappa shape index (κ1) is 23.9. The van der Waals surface area contributed by atoms with E-state index in [0.717, 1.165) is 16.9 Å². The second-order valence-corrected chi connectivity index (χ2v) is 9.21. The van der Waals surface area contributed by atoms with E-state index in [4.69, 9.17) is 14.2 Å². The largest absolute Gasteiger partial charge is 0.497 e. The maximum absolute atomic E-state index is 12.6. The molecule has 182 valence electrons. The van der Waals surface area contributed by atoms with Gasteiger partial charge >= 0.3 is 5.97 Å². The van der Waals surface area contributed by atoms with E-state index in [-0.39, 0.29) is 30.6 Å². The number of ether oxygens (including phenoxy) is 3. The molecule has 2 aromatic carbocycles. The van der Waals surface area contributed by atoms with E-state index >= 15 is 0 Å². The first-order valence-electron chi connectivity index (χ1n) is 11.6. The molecule has 0 aromatic heterocycles. The molecule has 8 nitrogen and oxygen atoms in total. The number of rotatable bonds is 8. The Balaban J connectivity index is 1.66. The van der Waals surface area contributed by atoms with Gasteiger partial charge in [0.2, 0.25) is 12.7 Å². The number of carbonyl (C=O) groups excluding carboxylic acids is 1. The van der Waals surface area contributed by atoms with E-state index in [2.05, 4.69) is 4.90 Å². The molecule has 0 spiro atoms. The van der Waals surface area contributed by atoms with Crippen molar-refractivity contribution in [1.82, 2.24) is 9.80 Å². The van der Waals surface area contributed by atoms with Gasteiger partial charge in [0.1, 0.15) is 5.75 Å². The summed E-state index contributed by atoms with van der Waals surface area (Å²) in [6.07, 6.45) is 0. The lowest BCUT2D eigenvalue weighted by molar-refractivity contribution is -0.143. The van der Waals surface area contributed by atoms with E-state index in [9.17, 15) is 14.7 Å². The Morgan fingerprint density at radius 3 is 2.44 bits per heavy atom. The number of carboxylic acid groups (broad SMARTS) is 1. The van der Waals surface area contributed by atoms with E-state index < -0.39 is 11.9 Å². The summed E-state index contributed by atoms with van der Waals surface area (Å²) in [6, 6.07) is 12.9. The van der Waals surface area contributed by atoms with E-state index in [0.29, 0.717) is 31.1 Å². The smallest absolute Gasteiger partial charge is 0.309 e. The van der Waals surface area contributed by atoms with Crippen LogP contribution in [0.5, 0.6) is 17.2 Å². The summed E-state index contributed by atoms with van der Waals surface area (Å²) in [4.78, 5) is 28.9. The molecule has 2 aliphatic rings. The zero-order valence-electron chi connectivity index (χ0n) is 20.1. The van der Waals surface area contributed by atoms with Crippen molar-refractivity contribution < 1.29 is 28.9 Å². The van der Waals surface area contributed by atoms with Crippen LogP contribution in [0.15, 0.2) is 42.5 Å². The Morgan fingerprint density at radius 2 is 1.79 bits per heavy atom. The van der Waals surface area contributed by atoms with Crippen LogP contribution in [0.4, 0.5) is 0 Å². The molecule has 2 aromatic rings. The monoisotopic (exact) mass is 468 g/mol. The van der Waals surface area contributed by atoms with E-state index in [1.54, 1.807) is 19.1 Å². The lowest BCUT2D eigenvalue weighted by Crippen LogP contribution is -2.38. The maximum atomic E-state index is 12.6. The van der Waals surface area contributed by atoms with Gasteiger partial charge in [-0.2, -0.15) is 0 Å². The Morgan fingerprint density at radius 1 is 1.12 bits per heavy atom. The number of hydrogen-bond acceptors (Lipinski definition) is 6. The molecule has 2 aliphatic heterocycles. The Kier molecular flexibility index (Phi) is 6.97. The number of likely N-dealkylation sites (tertiary alicyclic amines) is 1.